The molecule has 0 amide bonds. The second-order valence-corrected chi connectivity index (χ2v) is 3.85. The molecule has 0 heterocycles. The van der Waals surface area contributed by atoms with Gasteiger partial charge in [0.15, 0.2) is 0 Å². The van der Waals surface area contributed by atoms with Gasteiger partial charge in [0.05, 0.1) is 5.56 Å². The molecule has 2 atom stereocenters. The molecule has 0 radical (unpaired) electrons. The van der Waals surface area contributed by atoms with Crippen LogP contribution in [0, 0.1) is 0 Å². The van der Waals surface area contributed by atoms with Gasteiger partial charge in [0.25, 0.3) is 0 Å². The first-order chi connectivity index (χ1) is 7.93. The molecule has 2 nitrogen and oxygen atoms in total. The van der Waals surface area contributed by atoms with Crippen LogP contribution in [0.15, 0.2) is 24.3 Å². The van der Waals surface area contributed by atoms with Crippen LogP contribution in [0.4, 0.5) is 13.2 Å². The zero-order valence-corrected chi connectivity index (χ0v) is 9.03. The fourth-order valence-electron chi connectivity index (χ4n) is 1.85. The fourth-order valence-corrected chi connectivity index (χ4v) is 1.85. The summed E-state index contributed by atoms with van der Waals surface area (Å²) in [6.45, 7) is 0. The third kappa shape index (κ3) is 2.21. The molecule has 0 spiro atoms. The third-order valence-corrected chi connectivity index (χ3v) is 2.78. The average Bonchev–Trinajstić information content (AvgIpc) is 2.28. The molecule has 2 rings (SSSR count). The summed E-state index contributed by atoms with van der Waals surface area (Å²) in [6, 6.07) is 3.32. The molecule has 0 unspecified atom stereocenters. The maximum atomic E-state index is 12.5. The van der Waals surface area contributed by atoms with Crippen molar-refractivity contribution < 1.29 is 23.0 Å². The Balaban J connectivity index is 2.46. The Hall–Kier alpha value is -1.33. The van der Waals surface area contributed by atoms with Gasteiger partial charge in [-0.3, -0.25) is 0 Å². The van der Waals surface area contributed by atoms with Crippen molar-refractivity contribution in [3.05, 3.63) is 41.0 Å². The van der Waals surface area contributed by atoms with Gasteiger partial charge in [-0.1, -0.05) is 18.2 Å². The highest BCUT2D eigenvalue weighted by atomic mass is 19.4. The van der Waals surface area contributed by atoms with Crippen LogP contribution < -0.4 is 0 Å². The molecule has 1 aromatic rings. The van der Waals surface area contributed by atoms with Crippen LogP contribution in [0.2, 0.25) is 0 Å². The number of benzene rings is 1. The predicted molar refractivity (Wildman–Crippen MR) is 56.2 cm³/mol. The van der Waals surface area contributed by atoms with Gasteiger partial charge in [-0.05, 0) is 23.3 Å². The molecule has 0 bridgehead atoms. The molecular weight excluding hydrogens is 233 g/mol. The van der Waals surface area contributed by atoms with E-state index in [9.17, 15) is 18.3 Å². The SMILES string of the molecule is CO[C@@H]1C=Cc2ccc(C(F)(F)F)cc2[C@H]1O. The van der Waals surface area contributed by atoms with E-state index in [0.29, 0.717) is 5.56 Å². The van der Waals surface area contributed by atoms with E-state index in [2.05, 4.69) is 0 Å². The van der Waals surface area contributed by atoms with E-state index in [1.54, 1.807) is 12.2 Å². The summed E-state index contributed by atoms with van der Waals surface area (Å²) in [5.74, 6) is 0. The van der Waals surface area contributed by atoms with Crippen molar-refractivity contribution in [2.45, 2.75) is 18.4 Å². The van der Waals surface area contributed by atoms with Crippen LogP contribution in [0.5, 0.6) is 0 Å². The largest absolute Gasteiger partial charge is 0.416 e. The van der Waals surface area contributed by atoms with E-state index in [1.807, 2.05) is 0 Å². The molecule has 0 fully saturated rings. The van der Waals surface area contributed by atoms with Crippen LogP contribution in [0.1, 0.15) is 22.8 Å². The summed E-state index contributed by atoms with van der Waals surface area (Å²) in [5.41, 5.74) is 0.0634. The molecular formula is C12H11F3O2. The first kappa shape index (κ1) is 12.1. The third-order valence-electron chi connectivity index (χ3n) is 2.78. The van der Waals surface area contributed by atoms with Crippen LogP contribution in [-0.2, 0) is 10.9 Å². The molecule has 1 N–H and O–H groups in total. The normalized spacial score (nSPS) is 23.6. The van der Waals surface area contributed by atoms with Crippen molar-refractivity contribution in [2.24, 2.45) is 0 Å². The number of rotatable bonds is 1. The molecule has 92 valence electrons. The number of aliphatic hydroxyl groups is 1. The lowest BCUT2D eigenvalue weighted by atomic mass is 9.91. The van der Waals surface area contributed by atoms with E-state index in [-0.39, 0.29) is 5.56 Å². The molecule has 0 aromatic heterocycles. The van der Waals surface area contributed by atoms with Crippen molar-refractivity contribution in [3.63, 3.8) is 0 Å². The van der Waals surface area contributed by atoms with Crippen molar-refractivity contribution in [1.29, 1.82) is 0 Å². The highest BCUT2D eigenvalue weighted by Gasteiger charge is 2.33. The van der Waals surface area contributed by atoms with Crippen LogP contribution in [0.25, 0.3) is 6.08 Å². The topological polar surface area (TPSA) is 29.5 Å². The first-order valence-electron chi connectivity index (χ1n) is 5.03. The number of hydrogen-bond acceptors (Lipinski definition) is 2. The van der Waals surface area contributed by atoms with E-state index < -0.39 is 23.9 Å². The Morgan fingerprint density at radius 3 is 2.59 bits per heavy atom. The Kier molecular flexibility index (Phi) is 2.97. The second-order valence-electron chi connectivity index (χ2n) is 3.85. The number of methoxy groups -OCH3 is 1. The summed E-state index contributed by atoms with van der Waals surface area (Å²) >= 11 is 0. The van der Waals surface area contributed by atoms with Crippen molar-refractivity contribution in [1.82, 2.24) is 0 Å². The van der Waals surface area contributed by atoms with Gasteiger partial charge in [-0.2, -0.15) is 13.2 Å². The first-order valence-corrected chi connectivity index (χ1v) is 5.03. The Bertz CT molecular complexity index is 452. The smallest absolute Gasteiger partial charge is 0.385 e. The van der Waals surface area contributed by atoms with Crippen molar-refractivity contribution >= 4 is 6.08 Å². The number of halogens is 3. The number of ether oxygens (including phenoxy) is 1. The number of aliphatic hydroxyl groups excluding tert-OH is 1. The van der Waals surface area contributed by atoms with Gasteiger partial charge < -0.3 is 9.84 Å². The molecule has 5 heteroatoms. The summed E-state index contributed by atoms with van der Waals surface area (Å²) in [4.78, 5) is 0. The van der Waals surface area contributed by atoms with Gasteiger partial charge in [0, 0.05) is 7.11 Å². The Labute approximate surface area is 96.3 Å². The van der Waals surface area contributed by atoms with Gasteiger partial charge in [0.1, 0.15) is 12.2 Å². The van der Waals surface area contributed by atoms with E-state index in [0.717, 1.165) is 12.1 Å². The Morgan fingerprint density at radius 1 is 1.29 bits per heavy atom. The van der Waals surface area contributed by atoms with Gasteiger partial charge >= 0.3 is 6.18 Å². The summed E-state index contributed by atoms with van der Waals surface area (Å²) in [5, 5.41) is 9.87. The maximum absolute atomic E-state index is 12.5. The lowest BCUT2D eigenvalue weighted by molar-refractivity contribution is -0.137. The monoisotopic (exact) mass is 244 g/mol. The highest BCUT2D eigenvalue weighted by molar-refractivity contribution is 5.59. The molecule has 0 aliphatic heterocycles. The van der Waals surface area contributed by atoms with Gasteiger partial charge in [-0.15, -0.1) is 0 Å². The molecule has 1 aliphatic carbocycles. The van der Waals surface area contributed by atoms with Crippen LogP contribution in [-0.4, -0.2) is 18.3 Å². The summed E-state index contributed by atoms with van der Waals surface area (Å²) in [7, 11) is 1.40. The standard InChI is InChI=1S/C12H11F3O2/c1-17-10-5-3-7-2-4-8(12(13,14)15)6-9(7)11(10)16/h2-6,10-11,16H,1H3/t10-,11-/m1/s1. The van der Waals surface area contributed by atoms with Crippen LogP contribution in [0.3, 0.4) is 0 Å². The predicted octanol–water partition coefficient (Wildman–Crippen LogP) is 2.78. The summed E-state index contributed by atoms with van der Waals surface area (Å²) in [6.07, 6.45) is -2.80. The molecule has 1 aliphatic rings. The lowest BCUT2D eigenvalue weighted by Gasteiger charge is -2.25. The second kappa shape index (κ2) is 4.16. The summed E-state index contributed by atoms with van der Waals surface area (Å²) < 4.78 is 42.6. The zero-order valence-electron chi connectivity index (χ0n) is 9.03. The van der Waals surface area contributed by atoms with Gasteiger partial charge in [0.2, 0.25) is 0 Å². The van der Waals surface area contributed by atoms with E-state index >= 15 is 0 Å². The molecule has 17 heavy (non-hydrogen) atoms. The van der Waals surface area contributed by atoms with Gasteiger partial charge in [-0.25, -0.2) is 0 Å². The molecule has 0 saturated carbocycles. The fraction of sp³-hybridized carbons (Fsp3) is 0.333. The van der Waals surface area contributed by atoms with Crippen LogP contribution >= 0.6 is 0 Å². The number of alkyl halides is 3. The average molecular weight is 244 g/mol. The zero-order chi connectivity index (χ0) is 12.6. The van der Waals surface area contributed by atoms with E-state index in [4.69, 9.17) is 4.74 Å². The quantitative estimate of drug-likeness (QED) is 0.823. The molecule has 0 saturated heterocycles. The Morgan fingerprint density at radius 2 is 2.00 bits per heavy atom. The highest BCUT2D eigenvalue weighted by Crippen LogP contribution is 2.35. The van der Waals surface area contributed by atoms with Crippen molar-refractivity contribution in [3.8, 4) is 0 Å². The minimum atomic E-state index is -4.40. The number of hydrogen-bond donors (Lipinski definition) is 1. The minimum absolute atomic E-state index is 0.245. The van der Waals surface area contributed by atoms with Crippen molar-refractivity contribution in [2.75, 3.05) is 7.11 Å². The maximum Gasteiger partial charge on any atom is 0.416 e. The lowest BCUT2D eigenvalue weighted by Crippen LogP contribution is -2.22. The van der Waals surface area contributed by atoms with E-state index in [1.165, 1.54) is 13.2 Å². The molecule has 1 aromatic carbocycles. The minimum Gasteiger partial charge on any atom is -0.385 e. The number of fused-ring (bicyclic) bond motifs is 1.